The third-order valence-corrected chi connectivity index (χ3v) is 6.56. The molecular weight excluding hydrogens is 447 g/mol. The number of carbonyl (C=O) groups is 2. The van der Waals surface area contributed by atoms with Crippen molar-refractivity contribution in [2.45, 2.75) is 37.9 Å². The van der Waals surface area contributed by atoms with Crippen molar-refractivity contribution in [3.05, 3.63) is 22.8 Å². The van der Waals surface area contributed by atoms with Crippen molar-refractivity contribution in [2.75, 3.05) is 50.7 Å². The molecule has 3 fully saturated rings. The lowest BCUT2D eigenvalue weighted by Gasteiger charge is -2.38. The van der Waals surface area contributed by atoms with Gasteiger partial charge in [0.1, 0.15) is 5.82 Å². The van der Waals surface area contributed by atoms with Gasteiger partial charge in [0.2, 0.25) is 11.8 Å². The molecule has 0 unspecified atom stereocenters. The monoisotopic (exact) mass is 473 g/mol. The van der Waals surface area contributed by atoms with E-state index in [1.54, 1.807) is 0 Å². The molecule has 7 nitrogen and oxygen atoms in total. The lowest BCUT2D eigenvalue weighted by molar-refractivity contribution is -0.139. The molecule has 2 amide bonds. The smallest absolute Gasteiger partial charge is 0.355 e. The van der Waals surface area contributed by atoms with Gasteiger partial charge in [-0.1, -0.05) is 11.6 Å². The Hall–Kier alpha value is -2.07. The van der Waals surface area contributed by atoms with Crippen LogP contribution in [0.25, 0.3) is 0 Å². The third-order valence-electron chi connectivity index (χ3n) is 6.29. The Morgan fingerprint density at radius 2 is 1.72 bits per heavy atom. The quantitative estimate of drug-likeness (QED) is 0.711. The molecule has 176 valence electrons. The molecule has 1 aromatic heterocycles. The number of carbonyl (C=O) groups excluding carboxylic acids is 2. The molecule has 0 spiro atoms. The number of amides is 2. The fraction of sp³-hybridized carbons (Fsp3) is 0.667. The molecule has 3 aliphatic rings. The van der Waals surface area contributed by atoms with Crippen LogP contribution in [0.3, 0.4) is 0 Å². The molecule has 2 aliphatic heterocycles. The SMILES string of the molecule is O=C(CN1CCN(C(=O)C2CCN(c3ncc(C(F)(F)F)cc3Cl)CC2)CC1)NC1CC1. The van der Waals surface area contributed by atoms with Crippen LogP contribution in [0.15, 0.2) is 12.3 Å². The Morgan fingerprint density at radius 1 is 1.06 bits per heavy atom. The van der Waals surface area contributed by atoms with Gasteiger partial charge in [0.15, 0.2) is 0 Å². The van der Waals surface area contributed by atoms with Gasteiger partial charge in [-0.15, -0.1) is 0 Å². The van der Waals surface area contributed by atoms with E-state index in [-0.39, 0.29) is 22.8 Å². The van der Waals surface area contributed by atoms with Crippen molar-refractivity contribution in [3.63, 3.8) is 0 Å². The summed E-state index contributed by atoms with van der Waals surface area (Å²) < 4.78 is 38.5. The molecule has 0 atom stereocenters. The summed E-state index contributed by atoms with van der Waals surface area (Å²) in [5, 5.41) is 2.95. The largest absolute Gasteiger partial charge is 0.417 e. The predicted octanol–water partition coefficient (Wildman–Crippen LogP) is 2.39. The Morgan fingerprint density at radius 3 is 2.28 bits per heavy atom. The zero-order chi connectivity index (χ0) is 22.9. The maximum atomic E-state index is 12.9. The fourth-order valence-electron chi connectivity index (χ4n) is 4.25. The minimum Gasteiger partial charge on any atom is -0.355 e. The summed E-state index contributed by atoms with van der Waals surface area (Å²) in [6.07, 6.45) is -0.367. The summed E-state index contributed by atoms with van der Waals surface area (Å²) in [7, 11) is 0. The molecule has 1 saturated carbocycles. The Labute approximate surface area is 189 Å². The molecule has 3 heterocycles. The van der Waals surface area contributed by atoms with Gasteiger partial charge >= 0.3 is 6.18 Å². The number of hydrogen-bond acceptors (Lipinski definition) is 5. The van der Waals surface area contributed by atoms with Crippen molar-refractivity contribution >= 4 is 29.2 Å². The van der Waals surface area contributed by atoms with E-state index in [9.17, 15) is 22.8 Å². The average molecular weight is 474 g/mol. The normalized spacial score (nSPS) is 21.0. The summed E-state index contributed by atoms with van der Waals surface area (Å²) in [6.45, 7) is 3.94. The summed E-state index contributed by atoms with van der Waals surface area (Å²) in [4.78, 5) is 34.6. The number of halogens is 4. The molecule has 1 aromatic rings. The first-order valence-corrected chi connectivity index (χ1v) is 11.4. The zero-order valence-corrected chi connectivity index (χ0v) is 18.5. The highest BCUT2D eigenvalue weighted by molar-refractivity contribution is 6.33. The van der Waals surface area contributed by atoms with E-state index < -0.39 is 11.7 Å². The van der Waals surface area contributed by atoms with Crippen LogP contribution < -0.4 is 10.2 Å². The van der Waals surface area contributed by atoms with Crippen LogP contribution >= 0.6 is 11.6 Å². The van der Waals surface area contributed by atoms with Crippen molar-refractivity contribution in [2.24, 2.45) is 5.92 Å². The minimum atomic E-state index is -4.49. The summed E-state index contributed by atoms with van der Waals surface area (Å²) >= 11 is 6.06. The van der Waals surface area contributed by atoms with Crippen LogP contribution in [0.2, 0.25) is 5.02 Å². The molecule has 0 radical (unpaired) electrons. The van der Waals surface area contributed by atoms with E-state index in [2.05, 4.69) is 15.2 Å². The number of anilines is 1. The first-order valence-electron chi connectivity index (χ1n) is 11.0. The molecule has 11 heteroatoms. The topological polar surface area (TPSA) is 68.8 Å². The number of alkyl halides is 3. The number of nitrogens with zero attached hydrogens (tertiary/aromatic N) is 4. The van der Waals surface area contributed by atoms with Crippen LogP contribution in [0.5, 0.6) is 0 Å². The minimum absolute atomic E-state index is 0.0357. The zero-order valence-electron chi connectivity index (χ0n) is 17.7. The maximum Gasteiger partial charge on any atom is 0.417 e. The second-order valence-electron chi connectivity index (χ2n) is 8.73. The molecule has 0 bridgehead atoms. The molecule has 4 rings (SSSR count). The second kappa shape index (κ2) is 9.43. The Kier molecular flexibility index (Phi) is 6.80. The predicted molar refractivity (Wildman–Crippen MR) is 113 cm³/mol. The van der Waals surface area contributed by atoms with Crippen molar-refractivity contribution < 1.29 is 22.8 Å². The Bertz CT molecular complexity index is 848. The highest BCUT2D eigenvalue weighted by Gasteiger charge is 2.34. The van der Waals surface area contributed by atoms with Gasteiger partial charge in [0.05, 0.1) is 17.1 Å². The number of aromatic nitrogens is 1. The lowest BCUT2D eigenvalue weighted by Crippen LogP contribution is -2.53. The lowest BCUT2D eigenvalue weighted by atomic mass is 9.95. The van der Waals surface area contributed by atoms with Gasteiger partial charge in [-0.05, 0) is 31.7 Å². The first kappa shape index (κ1) is 23.1. The van der Waals surface area contributed by atoms with Crippen LogP contribution in [0.1, 0.15) is 31.2 Å². The molecular formula is C21H27ClF3N5O2. The van der Waals surface area contributed by atoms with E-state index in [0.717, 1.165) is 25.1 Å². The van der Waals surface area contributed by atoms with E-state index in [4.69, 9.17) is 11.6 Å². The first-order chi connectivity index (χ1) is 15.2. The second-order valence-corrected chi connectivity index (χ2v) is 9.14. The van der Waals surface area contributed by atoms with Crippen LogP contribution in [0.4, 0.5) is 19.0 Å². The third kappa shape index (κ3) is 5.64. The number of piperazine rings is 1. The summed E-state index contributed by atoms with van der Waals surface area (Å²) in [5.41, 5.74) is -0.875. The van der Waals surface area contributed by atoms with Gasteiger partial charge in [0, 0.05) is 57.4 Å². The van der Waals surface area contributed by atoms with E-state index in [0.29, 0.717) is 70.5 Å². The van der Waals surface area contributed by atoms with Gasteiger partial charge < -0.3 is 15.1 Å². The molecule has 1 aliphatic carbocycles. The molecule has 32 heavy (non-hydrogen) atoms. The van der Waals surface area contributed by atoms with Gasteiger partial charge in [0.25, 0.3) is 0 Å². The number of piperidine rings is 1. The Balaban J connectivity index is 1.24. The van der Waals surface area contributed by atoms with Gasteiger partial charge in [-0.25, -0.2) is 4.98 Å². The average Bonchev–Trinajstić information content (AvgIpc) is 3.57. The van der Waals surface area contributed by atoms with Crippen LogP contribution in [-0.4, -0.2) is 78.5 Å². The van der Waals surface area contributed by atoms with Crippen molar-refractivity contribution in [3.8, 4) is 0 Å². The standard InChI is InChI=1S/C21H27ClF3N5O2/c22-17-11-15(21(23,24)25)12-26-19(17)29-5-3-14(4-6-29)20(32)30-9-7-28(8-10-30)13-18(31)27-16-1-2-16/h11-12,14,16H,1-10,13H2,(H,27,31). The van der Waals surface area contributed by atoms with E-state index in [1.807, 2.05) is 9.80 Å². The number of nitrogens with one attached hydrogen (secondary N) is 1. The maximum absolute atomic E-state index is 12.9. The molecule has 0 aromatic carbocycles. The van der Waals surface area contributed by atoms with Crippen LogP contribution in [-0.2, 0) is 15.8 Å². The van der Waals surface area contributed by atoms with Gasteiger partial charge in [-0.2, -0.15) is 13.2 Å². The molecule has 1 N–H and O–H groups in total. The van der Waals surface area contributed by atoms with Crippen LogP contribution in [0, 0.1) is 5.92 Å². The fourth-order valence-corrected chi connectivity index (χ4v) is 4.53. The van der Waals surface area contributed by atoms with E-state index >= 15 is 0 Å². The number of hydrogen-bond donors (Lipinski definition) is 1. The number of rotatable bonds is 5. The van der Waals surface area contributed by atoms with Crippen molar-refractivity contribution in [1.82, 2.24) is 20.1 Å². The highest BCUT2D eigenvalue weighted by atomic mass is 35.5. The summed E-state index contributed by atoms with van der Waals surface area (Å²) in [6, 6.07) is 1.25. The highest BCUT2D eigenvalue weighted by Crippen LogP contribution is 2.34. The van der Waals surface area contributed by atoms with Gasteiger partial charge in [-0.3, -0.25) is 14.5 Å². The molecule has 2 saturated heterocycles. The van der Waals surface area contributed by atoms with E-state index in [1.165, 1.54) is 0 Å². The number of pyridine rings is 1. The summed E-state index contributed by atoms with van der Waals surface area (Å²) in [5.74, 6) is 0.362. The van der Waals surface area contributed by atoms with Crippen molar-refractivity contribution in [1.29, 1.82) is 0 Å².